The first kappa shape index (κ1) is 20.8. The van der Waals surface area contributed by atoms with Gasteiger partial charge in [0.2, 0.25) is 0 Å². The monoisotopic (exact) mass is 411 g/mol. The third kappa shape index (κ3) is 4.36. The summed E-state index contributed by atoms with van der Waals surface area (Å²) < 4.78 is 1.40. The highest BCUT2D eigenvalue weighted by Crippen LogP contribution is 2.26. The molecule has 0 radical (unpaired) electrons. The van der Waals surface area contributed by atoms with E-state index in [1.807, 2.05) is 12.1 Å². The third-order valence-electron chi connectivity index (χ3n) is 6.68. The summed E-state index contributed by atoms with van der Waals surface area (Å²) in [6, 6.07) is 5.51. The van der Waals surface area contributed by atoms with Crippen molar-refractivity contribution in [3.05, 3.63) is 45.6 Å². The molecule has 0 spiro atoms. The zero-order chi connectivity index (χ0) is 21.1. The van der Waals surface area contributed by atoms with Crippen LogP contribution in [-0.4, -0.2) is 45.2 Å². The van der Waals surface area contributed by atoms with Gasteiger partial charge in [-0.25, -0.2) is 4.79 Å². The Balaban J connectivity index is 1.46. The molecule has 2 aliphatic heterocycles. The van der Waals surface area contributed by atoms with Gasteiger partial charge in [-0.1, -0.05) is 39.2 Å². The zero-order valence-corrected chi connectivity index (χ0v) is 18.1. The van der Waals surface area contributed by atoms with Crippen LogP contribution in [0.15, 0.2) is 23.0 Å². The predicted molar refractivity (Wildman–Crippen MR) is 117 cm³/mol. The predicted octanol–water partition coefficient (Wildman–Crippen LogP) is 3.20. The minimum Gasteiger partial charge on any atom is -0.348 e. The number of aromatic nitrogens is 3. The molecule has 2 aliphatic rings. The first-order valence-electron chi connectivity index (χ1n) is 11.4. The van der Waals surface area contributed by atoms with Crippen LogP contribution in [0.25, 0.3) is 5.69 Å². The summed E-state index contributed by atoms with van der Waals surface area (Å²) in [4.78, 5) is 30.1. The minimum absolute atomic E-state index is 0.0907. The van der Waals surface area contributed by atoms with Gasteiger partial charge in [-0.3, -0.25) is 9.78 Å². The van der Waals surface area contributed by atoms with Gasteiger partial charge in [0, 0.05) is 24.6 Å². The quantitative estimate of drug-likeness (QED) is 0.699. The van der Waals surface area contributed by atoms with Gasteiger partial charge in [-0.05, 0) is 56.0 Å². The van der Waals surface area contributed by atoms with Gasteiger partial charge in [0.1, 0.15) is 5.82 Å². The van der Waals surface area contributed by atoms with Gasteiger partial charge >= 0.3 is 5.69 Å². The van der Waals surface area contributed by atoms with Crippen molar-refractivity contribution in [2.45, 2.75) is 64.8 Å². The van der Waals surface area contributed by atoms with E-state index in [2.05, 4.69) is 34.1 Å². The second-order valence-corrected chi connectivity index (χ2v) is 8.74. The molecule has 2 N–H and O–H groups in total. The summed E-state index contributed by atoms with van der Waals surface area (Å²) in [5.41, 5.74) is 1.99. The van der Waals surface area contributed by atoms with Crippen LogP contribution in [0.5, 0.6) is 0 Å². The van der Waals surface area contributed by atoms with Crippen LogP contribution in [0.3, 0.4) is 0 Å². The summed E-state index contributed by atoms with van der Waals surface area (Å²) in [7, 11) is 0. The Bertz CT molecular complexity index is 947. The second-order valence-electron chi connectivity index (χ2n) is 8.74. The Labute approximate surface area is 177 Å². The summed E-state index contributed by atoms with van der Waals surface area (Å²) in [5.74, 6) is 1.73. The molecule has 2 atom stereocenters. The lowest BCUT2D eigenvalue weighted by Gasteiger charge is -2.32. The fourth-order valence-electron chi connectivity index (χ4n) is 4.84. The van der Waals surface area contributed by atoms with Crippen molar-refractivity contribution in [2.24, 2.45) is 5.92 Å². The minimum atomic E-state index is -0.241. The normalized spacial score (nSPS) is 20.2. The number of hydrogen-bond donors (Lipinski definition) is 2. The molecule has 0 saturated carbocycles. The Kier molecular flexibility index (Phi) is 6.37. The molecule has 4 rings (SSSR count). The first-order valence-corrected chi connectivity index (χ1v) is 11.4. The van der Waals surface area contributed by atoms with Crippen LogP contribution >= 0.6 is 0 Å². The lowest BCUT2D eigenvalue weighted by molar-refractivity contribution is 0.0965. The molecule has 0 bridgehead atoms. The second kappa shape index (κ2) is 9.16. The summed E-state index contributed by atoms with van der Waals surface area (Å²) >= 11 is 0. The number of piperidine rings is 1. The summed E-state index contributed by atoms with van der Waals surface area (Å²) in [6.45, 7) is 8.30. The molecule has 1 amide bonds. The lowest BCUT2D eigenvalue weighted by atomic mass is 9.94. The van der Waals surface area contributed by atoms with E-state index in [1.165, 1.54) is 30.4 Å². The number of amides is 1. The molecule has 1 fully saturated rings. The largest absolute Gasteiger partial charge is 0.348 e. The van der Waals surface area contributed by atoms with E-state index < -0.39 is 0 Å². The number of nitrogens with zero attached hydrogens (tertiary/aromatic N) is 3. The van der Waals surface area contributed by atoms with Gasteiger partial charge in [-0.15, -0.1) is 5.10 Å². The molecule has 7 heteroatoms. The van der Waals surface area contributed by atoms with Crippen LogP contribution < -0.4 is 11.0 Å². The molecular formula is C23H33N5O2. The molecule has 1 aromatic heterocycles. The average molecular weight is 412 g/mol. The number of hydrogen-bond acceptors (Lipinski definition) is 4. The van der Waals surface area contributed by atoms with Crippen LogP contribution in [0.2, 0.25) is 0 Å². The summed E-state index contributed by atoms with van der Waals surface area (Å²) in [5, 5.41) is 7.43. The number of nitrogens with one attached hydrogen (secondary N) is 2. The fraction of sp³-hybridized carbons (Fsp3) is 0.609. The van der Waals surface area contributed by atoms with Crippen molar-refractivity contribution in [3.63, 3.8) is 0 Å². The van der Waals surface area contributed by atoms with Gasteiger partial charge in [0.15, 0.2) is 0 Å². The van der Waals surface area contributed by atoms with Crippen LogP contribution in [-0.2, 0) is 6.54 Å². The van der Waals surface area contributed by atoms with Crippen LogP contribution in [0.1, 0.15) is 80.0 Å². The maximum absolute atomic E-state index is 12.6. The number of H-pyrrole nitrogens is 1. The standard InChI is InChI=1S/C23H33N5O2/c1-3-6-16(4-2)10-12-27-11-5-7-18(15-27)21-25-23(30)28(26-21)19-9-8-17-14-24-22(29)20(17)13-19/h8-9,13,16,18H,3-7,10-12,14-15H2,1-2H3,(H,24,29)(H,25,26,30)/t16?,18-/m0/s1. The van der Waals surface area contributed by atoms with Crippen molar-refractivity contribution in [2.75, 3.05) is 19.6 Å². The highest BCUT2D eigenvalue weighted by molar-refractivity contribution is 5.98. The zero-order valence-electron chi connectivity index (χ0n) is 18.1. The first-order chi connectivity index (χ1) is 14.6. The van der Waals surface area contributed by atoms with E-state index in [9.17, 15) is 9.59 Å². The van der Waals surface area contributed by atoms with Crippen molar-refractivity contribution in [3.8, 4) is 5.69 Å². The van der Waals surface area contributed by atoms with E-state index in [4.69, 9.17) is 0 Å². The van der Waals surface area contributed by atoms with Gasteiger partial charge in [0.05, 0.1) is 5.69 Å². The smallest absolute Gasteiger partial charge is 0.348 e. The van der Waals surface area contributed by atoms with Crippen molar-refractivity contribution in [1.82, 2.24) is 25.0 Å². The SMILES string of the molecule is CCCC(CC)CCN1CCC[C@H](c2nn(-c3ccc4c(c3)C(=O)NC4)c(=O)[nH]2)C1. The average Bonchev–Trinajstić information content (AvgIpc) is 3.34. The molecule has 162 valence electrons. The van der Waals surface area contributed by atoms with Crippen molar-refractivity contribution < 1.29 is 4.79 Å². The van der Waals surface area contributed by atoms with Gasteiger partial charge < -0.3 is 10.2 Å². The summed E-state index contributed by atoms with van der Waals surface area (Å²) in [6.07, 6.45) is 7.24. The van der Waals surface area contributed by atoms with E-state index in [-0.39, 0.29) is 17.5 Å². The molecule has 3 heterocycles. The molecular weight excluding hydrogens is 378 g/mol. The van der Waals surface area contributed by atoms with Crippen LogP contribution in [0, 0.1) is 5.92 Å². The molecule has 2 aromatic rings. The van der Waals surface area contributed by atoms with Gasteiger partial charge in [-0.2, -0.15) is 4.68 Å². The molecule has 1 unspecified atom stereocenters. The number of aromatic amines is 1. The molecule has 1 aromatic carbocycles. The van der Waals surface area contributed by atoms with Gasteiger partial charge in [0.25, 0.3) is 5.91 Å². The number of rotatable bonds is 8. The maximum Gasteiger partial charge on any atom is 0.348 e. The van der Waals surface area contributed by atoms with Crippen molar-refractivity contribution in [1.29, 1.82) is 0 Å². The Morgan fingerprint density at radius 2 is 2.10 bits per heavy atom. The lowest BCUT2D eigenvalue weighted by Crippen LogP contribution is -2.36. The molecule has 30 heavy (non-hydrogen) atoms. The Morgan fingerprint density at radius 3 is 2.90 bits per heavy atom. The van der Waals surface area contributed by atoms with E-state index >= 15 is 0 Å². The highest BCUT2D eigenvalue weighted by Gasteiger charge is 2.26. The maximum atomic E-state index is 12.6. The van der Waals surface area contributed by atoms with Crippen LogP contribution in [0.4, 0.5) is 0 Å². The highest BCUT2D eigenvalue weighted by atomic mass is 16.2. The number of carbonyl (C=O) groups is 1. The Morgan fingerprint density at radius 1 is 1.23 bits per heavy atom. The third-order valence-corrected chi connectivity index (χ3v) is 6.68. The topological polar surface area (TPSA) is 83.0 Å². The number of benzene rings is 1. The number of carbonyl (C=O) groups excluding carboxylic acids is 1. The Hall–Kier alpha value is -2.41. The molecule has 7 nitrogen and oxygen atoms in total. The molecule has 0 aliphatic carbocycles. The fourth-order valence-corrected chi connectivity index (χ4v) is 4.84. The van der Waals surface area contributed by atoms with E-state index in [0.29, 0.717) is 17.8 Å². The number of fused-ring (bicyclic) bond motifs is 1. The van der Waals surface area contributed by atoms with Crippen molar-refractivity contribution >= 4 is 5.91 Å². The van der Waals surface area contributed by atoms with E-state index in [1.54, 1.807) is 6.07 Å². The van der Waals surface area contributed by atoms with E-state index in [0.717, 1.165) is 49.8 Å². The number of likely N-dealkylation sites (tertiary alicyclic amines) is 1. The molecule has 1 saturated heterocycles.